The summed E-state index contributed by atoms with van der Waals surface area (Å²) < 4.78 is 0.960. The molecule has 23 heavy (non-hydrogen) atoms. The highest BCUT2D eigenvalue weighted by Gasteiger charge is 2.35. The van der Waals surface area contributed by atoms with Crippen molar-refractivity contribution >= 4 is 39.1 Å². The summed E-state index contributed by atoms with van der Waals surface area (Å²) in [6.07, 6.45) is 0.244. The van der Waals surface area contributed by atoms with Gasteiger partial charge in [-0.1, -0.05) is 33.6 Å². The number of nitrogens with zero attached hydrogens (tertiary/aromatic N) is 1. The number of benzene rings is 2. The second-order valence-electron chi connectivity index (χ2n) is 5.74. The fourth-order valence-corrected chi connectivity index (χ4v) is 2.90. The van der Waals surface area contributed by atoms with Gasteiger partial charge in [-0.05, 0) is 43.3 Å². The number of carbonyl (C=O) groups is 2. The smallest absolute Gasteiger partial charge is 0.229 e. The standard InChI is InChI=1S/C18H17BrN2O2/c1-12-2-6-15(7-3-12)20-18(23)13-10-17(22)21(11-13)16-8-4-14(19)5-9-16/h2-9,13H,10-11H2,1H3,(H,20,23). The fourth-order valence-electron chi connectivity index (χ4n) is 2.63. The minimum Gasteiger partial charge on any atom is -0.326 e. The van der Waals surface area contributed by atoms with E-state index in [2.05, 4.69) is 21.2 Å². The molecule has 118 valence electrons. The van der Waals surface area contributed by atoms with Crippen molar-refractivity contribution < 1.29 is 9.59 Å². The molecule has 0 radical (unpaired) electrons. The zero-order valence-corrected chi connectivity index (χ0v) is 14.3. The first kappa shape index (κ1) is 15.7. The summed E-state index contributed by atoms with van der Waals surface area (Å²) in [5.41, 5.74) is 2.72. The van der Waals surface area contributed by atoms with Crippen LogP contribution in [0.15, 0.2) is 53.0 Å². The van der Waals surface area contributed by atoms with Gasteiger partial charge in [0, 0.05) is 28.8 Å². The topological polar surface area (TPSA) is 49.4 Å². The minimum atomic E-state index is -0.326. The third kappa shape index (κ3) is 3.62. The second kappa shape index (κ2) is 6.54. The molecule has 1 aliphatic rings. The van der Waals surface area contributed by atoms with Crippen molar-refractivity contribution in [2.45, 2.75) is 13.3 Å². The predicted octanol–water partition coefficient (Wildman–Crippen LogP) is 3.75. The van der Waals surface area contributed by atoms with Crippen LogP contribution in [0.1, 0.15) is 12.0 Å². The highest BCUT2D eigenvalue weighted by molar-refractivity contribution is 9.10. The molecule has 2 aromatic rings. The van der Waals surface area contributed by atoms with E-state index in [1.807, 2.05) is 55.5 Å². The molecule has 2 amide bonds. The Balaban J connectivity index is 1.68. The monoisotopic (exact) mass is 372 g/mol. The predicted molar refractivity (Wildman–Crippen MR) is 94.4 cm³/mol. The summed E-state index contributed by atoms with van der Waals surface area (Å²) >= 11 is 3.38. The van der Waals surface area contributed by atoms with Crippen LogP contribution in [0.3, 0.4) is 0 Å². The van der Waals surface area contributed by atoms with Crippen LogP contribution in [0.2, 0.25) is 0 Å². The van der Waals surface area contributed by atoms with E-state index < -0.39 is 0 Å². The number of halogens is 1. The third-order valence-corrected chi connectivity index (χ3v) is 4.48. The van der Waals surface area contributed by atoms with Crippen molar-refractivity contribution in [3.63, 3.8) is 0 Å². The van der Waals surface area contributed by atoms with Crippen molar-refractivity contribution in [2.75, 3.05) is 16.8 Å². The van der Waals surface area contributed by atoms with Crippen molar-refractivity contribution in [1.29, 1.82) is 0 Å². The average molecular weight is 373 g/mol. The van der Waals surface area contributed by atoms with Crippen LogP contribution in [-0.4, -0.2) is 18.4 Å². The lowest BCUT2D eigenvalue weighted by molar-refractivity contribution is -0.122. The van der Waals surface area contributed by atoms with Gasteiger partial charge >= 0.3 is 0 Å². The Morgan fingerprint density at radius 2 is 1.78 bits per heavy atom. The number of hydrogen-bond donors (Lipinski definition) is 1. The highest BCUT2D eigenvalue weighted by Crippen LogP contribution is 2.27. The van der Waals surface area contributed by atoms with Crippen LogP contribution in [0.25, 0.3) is 0 Å². The van der Waals surface area contributed by atoms with E-state index >= 15 is 0 Å². The summed E-state index contributed by atoms with van der Waals surface area (Å²) in [6, 6.07) is 15.2. The molecule has 1 fully saturated rings. The zero-order valence-electron chi connectivity index (χ0n) is 12.8. The molecule has 0 aromatic heterocycles. The number of carbonyl (C=O) groups excluding carboxylic acids is 2. The molecule has 4 nitrogen and oxygen atoms in total. The van der Waals surface area contributed by atoms with E-state index in [0.717, 1.165) is 21.4 Å². The molecular weight excluding hydrogens is 356 g/mol. The Kier molecular flexibility index (Phi) is 4.48. The molecule has 0 aliphatic carbocycles. The fraction of sp³-hybridized carbons (Fsp3) is 0.222. The van der Waals surface area contributed by atoms with Gasteiger partial charge in [0.15, 0.2) is 0 Å². The van der Waals surface area contributed by atoms with Crippen LogP contribution < -0.4 is 10.2 Å². The molecule has 3 rings (SSSR count). The highest BCUT2D eigenvalue weighted by atomic mass is 79.9. The maximum Gasteiger partial charge on any atom is 0.229 e. The first-order valence-corrected chi connectivity index (χ1v) is 8.26. The summed E-state index contributed by atoms with van der Waals surface area (Å²) in [4.78, 5) is 26.3. The van der Waals surface area contributed by atoms with Gasteiger partial charge in [-0.15, -0.1) is 0 Å². The molecule has 0 spiro atoms. The Morgan fingerprint density at radius 3 is 2.43 bits per heavy atom. The van der Waals surface area contributed by atoms with Gasteiger partial charge < -0.3 is 10.2 Å². The third-order valence-electron chi connectivity index (χ3n) is 3.95. The van der Waals surface area contributed by atoms with Crippen molar-refractivity contribution in [2.24, 2.45) is 5.92 Å². The summed E-state index contributed by atoms with van der Waals surface area (Å²) in [5.74, 6) is -0.453. The van der Waals surface area contributed by atoms with Crippen LogP contribution >= 0.6 is 15.9 Å². The van der Waals surface area contributed by atoms with Gasteiger partial charge in [-0.3, -0.25) is 9.59 Å². The SMILES string of the molecule is Cc1ccc(NC(=O)C2CC(=O)N(c3ccc(Br)cc3)C2)cc1. The van der Waals surface area contributed by atoms with Crippen LogP contribution in [-0.2, 0) is 9.59 Å². The van der Waals surface area contributed by atoms with Gasteiger partial charge in [-0.2, -0.15) is 0 Å². The molecule has 1 aliphatic heterocycles. The lowest BCUT2D eigenvalue weighted by atomic mass is 10.1. The minimum absolute atomic E-state index is 0.0172. The quantitative estimate of drug-likeness (QED) is 0.891. The number of anilines is 2. The maximum absolute atomic E-state index is 12.4. The van der Waals surface area contributed by atoms with E-state index in [1.54, 1.807) is 4.90 Å². The Hall–Kier alpha value is -2.14. The number of aryl methyl sites for hydroxylation is 1. The molecular formula is C18H17BrN2O2. The van der Waals surface area contributed by atoms with Crippen LogP contribution in [0.5, 0.6) is 0 Å². The van der Waals surface area contributed by atoms with E-state index in [0.29, 0.717) is 6.54 Å². The number of rotatable bonds is 3. The van der Waals surface area contributed by atoms with E-state index in [-0.39, 0.29) is 24.2 Å². The Morgan fingerprint density at radius 1 is 1.13 bits per heavy atom. The van der Waals surface area contributed by atoms with Gasteiger partial charge in [-0.25, -0.2) is 0 Å². The van der Waals surface area contributed by atoms with E-state index in [4.69, 9.17) is 0 Å². The second-order valence-corrected chi connectivity index (χ2v) is 6.65. The molecule has 0 bridgehead atoms. The van der Waals surface area contributed by atoms with E-state index in [1.165, 1.54) is 0 Å². The lowest BCUT2D eigenvalue weighted by Crippen LogP contribution is -2.28. The molecule has 2 aromatic carbocycles. The largest absolute Gasteiger partial charge is 0.326 e. The van der Waals surface area contributed by atoms with Gasteiger partial charge in [0.1, 0.15) is 0 Å². The molecule has 5 heteroatoms. The van der Waals surface area contributed by atoms with Gasteiger partial charge in [0.2, 0.25) is 11.8 Å². The Labute approximate surface area is 143 Å². The first-order chi connectivity index (χ1) is 11.0. The maximum atomic E-state index is 12.4. The molecule has 1 heterocycles. The lowest BCUT2D eigenvalue weighted by Gasteiger charge is -2.16. The van der Waals surface area contributed by atoms with Crippen molar-refractivity contribution in [3.05, 3.63) is 58.6 Å². The van der Waals surface area contributed by atoms with E-state index in [9.17, 15) is 9.59 Å². The number of nitrogens with one attached hydrogen (secondary N) is 1. The van der Waals surface area contributed by atoms with Gasteiger partial charge in [0.25, 0.3) is 0 Å². The first-order valence-electron chi connectivity index (χ1n) is 7.46. The van der Waals surface area contributed by atoms with Crippen molar-refractivity contribution in [1.82, 2.24) is 0 Å². The normalized spacial score (nSPS) is 17.4. The molecule has 0 saturated carbocycles. The average Bonchev–Trinajstić information content (AvgIpc) is 2.92. The molecule has 1 unspecified atom stereocenters. The summed E-state index contributed by atoms with van der Waals surface area (Å²) in [7, 11) is 0. The number of amides is 2. The molecule has 1 atom stereocenters. The molecule has 1 saturated heterocycles. The molecule has 1 N–H and O–H groups in total. The summed E-state index contributed by atoms with van der Waals surface area (Å²) in [6.45, 7) is 2.41. The number of hydrogen-bond acceptors (Lipinski definition) is 2. The Bertz CT molecular complexity index is 726. The van der Waals surface area contributed by atoms with Crippen LogP contribution in [0, 0.1) is 12.8 Å². The van der Waals surface area contributed by atoms with Gasteiger partial charge in [0.05, 0.1) is 5.92 Å². The van der Waals surface area contributed by atoms with Crippen molar-refractivity contribution in [3.8, 4) is 0 Å². The zero-order chi connectivity index (χ0) is 16.4. The van der Waals surface area contributed by atoms with Crippen LogP contribution in [0.4, 0.5) is 11.4 Å². The summed E-state index contributed by atoms with van der Waals surface area (Å²) in [5, 5.41) is 2.89.